The third-order valence-corrected chi connectivity index (χ3v) is 6.22. The molecule has 0 aliphatic heterocycles. The predicted octanol–water partition coefficient (Wildman–Crippen LogP) is 3.86. The van der Waals surface area contributed by atoms with Gasteiger partial charge in [-0.2, -0.15) is 0 Å². The van der Waals surface area contributed by atoms with Gasteiger partial charge in [-0.15, -0.1) is 11.3 Å². The first-order valence-corrected chi connectivity index (χ1v) is 8.76. The summed E-state index contributed by atoms with van der Waals surface area (Å²) < 4.78 is 28.3. The van der Waals surface area contributed by atoms with Crippen LogP contribution in [-0.2, 0) is 10.0 Å². The molecule has 0 spiro atoms. The zero-order valence-corrected chi connectivity index (χ0v) is 13.3. The highest BCUT2D eigenvalue weighted by atomic mass is 79.9. The van der Waals surface area contributed by atoms with E-state index in [1.807, 2.05) is 6.07 Å². The molecule has 0 unspecified atom stereocenters. The zero-order chi connectivity index (χ0) is 14.2. The van der Waals surface area contributed by atoms with E-state index >= 15 is 0 Å². The van der Waals surface area contributed by atoms with Crippen molar-refractivity contribution in [2.75, 3.05) is 4.72 Å². The van der Waals surface area contributed by atoms with Crippen molar-refractivity contribution in [2.24, 2.45) is 0 Å². The van der Waals surface area contributed by atoms with Crippen LogP contribution in [0.5, 0.6) is 0 Å². The van der Waals surface area contributed by atoms with E-state index in [9.17, 15) is 8.42 Å². The summed E-state index contributed by atoms with van der Waals surface area (Å²) in [5.74, 6) is 0. The molecule has 102 valence electrons. The van der Waals surface area contributed by atoms with Crippen molar-refractivity contribution in [3.63, 3.8) is 0 Å². The maximum Gasteiger partial charge on any atom is 0.271 e. The van der Waals surface area contributed by atoms with Crippen LogP contribution in [0.4, 0.5) is 5.69 Å². The van der Waals surface area contributed by atoms with Crippen molar-refractivity contribution < 1.29 is 8.42 Å². The van der Waals surface area contributed by atoms with Crippen molar-refractivity contribution >= 4 is 53.7 Å². The number of rotatable bonds is 3. The summed E-state index contributed by atoms with van der Waals surface area (Å²) in [4.78, 5) is 4.03. The van der Waals surface area contributed by atoms with Crippen LogP contribution in [0.1, 0.15) is 0 Å². The lowest BCUT2D eigenvalue weighted by Crippen LogP contribution is -2.11. The lowest BCUT2D eigenvalue weighted by molar-refractivity contribution is 0.603. The molecule has 0 radical (unpaired) electrons. The van der Waals surface area contributed by atoms with Gasteiger partial charge in [-0.1, -0.05) is 12.1 Å². The molecule has 20 heavy (non-hydrogen) atoms. The Morgan fingerprint density at radius 3 is 2.75 bits per heavy atom. The van der Waals surface area contributed by atoms with Crippen LogP contribution in [0, 0.1) is 0 Å². The van der Waals surface area contributed by atoms with E-state index < -0.39 is 10.0 Å². The summed E-state index contributed by atoms with van der Waals surface area (Å²) in [5, 5.41) is 1.71. The molecule has 2 heterocycles. The topological polar surface area (TPSA) is 59.1 Å². The number of fused-ring (bicyclic) bond motifs is 1. The molecule has 2 aromatic heterocycles. The first-order valence-electron chi connectivity index (χ1n) is 5.67. The van der Waals surface area contributed by atoms with Crippen molar-refractivity contribution in [2.45, 2.75) is 4.21 Å². The van der Waals surface area contributed by atoms with E-state index in [0.717, 1.165) is 14.6 Å². The highest BCUT2D eigenvalue weighted by Crippen LogP contribution is 2.29. The minimum Gasteiger partial charge on any atom is -0.278 e. The number of hydrogen-bond donors (Lipinski definition) is 1. The average Bonchev–Trinajstić information content (AvgIpc) is 2.86. The van der Waals surface area contributed by atoms with Gasteiger partial charge in [-0.05, 0) is 40.2 Å². The van der Waals surface area contributed by atoms with Crippen LogP contribution >= 0.6 is 27.3 Å². The molecule has 0 atom stereocenters. The van der Waals surface area contributed by atoms with Crippen LogP contribution in [0.15, 0.2) is 56.8 Å². The number of halogens is 1. The zero-order valence-electron chi connectivity index (χ0n) is 10.1. The second-order valence-electron chi connectivity index (χ2n) is 4.07. The first kappa shape index (κ1) is 13.5. The van der Waals surface area contributed by atoms with Gasteiger partial charge in [0.05, 0.1) is 9.47 Å². The van der Waals surface area contributed by atoms with Crippen LogP contribution < -0.4 is 4.72 Å². The Labute approximate surface area is 128 Å². The van der Waals surface area contributed by atoms with Gasteiger partial charge in [0.15, 0.2) is 0 Å². The van der Waals surface area contributed by atoms with Gasteiger partial charge >= 0.3 is 0 Å². The Hall–Kier alpha value is -1.44. The highest BCUT2D eigenvalue weighted by molar-refractivity contribution is 9.11. The third kappa shape index (κ3) is 2.56. The van der Waals surface area contributed by atoms with Gasteiger partial charge < -0.3 is 0 Å². The fourth-order valence-corrected chi connectivity index (χ4v) is 4.94. The molecule has 1 aromatic carbocycles. The fraction of sp³-hybridized carbons (Fsp3) is 0. The van der Waals surface area contributed by atoms with Crippen molar-refractivity contribution in [1.29, 1.82) is 0 Å². The van der Waals surface area contributed by atoms with Gasteiger partial charge in [0.2, 0.25) is 0 Å². The second kappa shape index (κ2) is 5.16. The van der Waals surface area contributed by atoms with Crippen molar-refractivity contribution in [3.8, 4) is 0 Å². The molecule has 4 nitrogen and oxygen atoms in total. The smallest absolute Gasteiger partial charge is 0.271 e. The fourth-order valence-electron chi connectivity index (χ4n) is 1.85. The summed E-state index contributed by atoms with van der Waals surface area (Å²) in [6.07, 6.45) is 3.34. The van der Waals surface area contributed by atoms with Crippen LogP contribution in [0.25, 0.3) is 10.8 Å². The number of nitrogens with one attached hydrogen (secondary N) is 1. The standard InChI is InChI=1S/C13H9BrN2O2S2/c14-12-4-5-13(19-12)20(17,18)16-11-3-1-2-9-8-15-7-6-10(9)11/h1-8,16H. The summed E-state index contributed by atoms with van der Waals surface area (Å²) in [5.41, 5.74) is 0.550. The molecule has 0 aliphatic carbocycles. The molecule has 0 saturated heterocycles. The van der Waals surface area contributed by atoms with E-state index in [0.29, 0.717) is 5.69 Å². The van der Waals surface area contributed by atoms with Crippen molar-refractivity contribution in [3.05, 3.63) is 52.6 Å². The van der Waals surface area contributed by atoms with E-state index in [4.69, 9.17) is 0 Å². The summed E-state index contributed by atoms with van der Waals surface area (Å²) in [7, 11) is -3.57. The maximum atomic E-state index is 12.3. The van der Waals surface area contributed by atoms with Crippen molar-refractivity contribution in [1.82, 2.24) is 4.98 Å². The molecular formula is C13H9BrN2O2S2. The molecule has 1 N–H and O–H groups in total. The maximum absolute atomic E-state index is 12.3. The molecule has 3 aromatic rings. The number of aromatic nitrogens is 1. The average molecular weight is 369 g/mol. The normalized spacial score (nSPS) is 11.7. The quantitative estimate of drug-likeness (QED) is 0.763. The second-order valence-corrected chi connectivity index (χ2v) is 8.44. The van der Waals surface area contributed by atoms with Gasteiger partial charge in [0.25, 0.3) is 10.0 Å². The number of benzene rings is 1. The number of hydrogen-bond acceptors (Lipinski definition) is 4. The Kier molecular flexibility index (Phi) is 3.49. The third-order valence-electron chi connectivity index (χ3n) is 2.74. The predicted molar refractivity (Wildman–Crippen MR) is 84.6 cm³/mol. The minimum atomic E-state index is -3.57. The molecule has 0 saturated carbocycles. The summed E-state index contributed by atoms with van der Waals surface area (Å²) >= 11 is 4.44. The van der Waals surface area contributed by atoms with E-state index in [1.165, 1.54) is 11.3 Å². The van der Waals surface area contributed by atoms with E-state index in [-0.39, 0.29) is 4.21 Å². The van der Waals surface area contributed by atoms with Gasteiger partial charge in [-0.3, -0.25) is 9.71 Å². The number of pyridine rings is 1. The lowest BCUT2D eigenvalue weighted by atomic mass is 10.1. The molecule has 3 rings (SSSR count). The molecule has 0 aliphatic rings. The Balaban J connectivity index is 2.05. The van der Waals surface area contributed by atoms with Gasteiger partial charge in [-0.25, -0.2) is 8.42 Å². The number of anilines is 1. The lowest BCUT2D eigenvalue weighted by Gasteiger charge is -2.09. The SMILES string of the molecule is O=S(=O)(Nc1cccc2cnccc12)c1ccc(Br)s1. The van der Waals surface area contributed by atoms with Crippen LogP contribution in [0.3, 0.4) is 0 Å². The van der Waals surface area contributed by atoms with Gasteiger partial charge in [0.1, 0.15) is 4.21 Å². The van der Waals surface area contributed by atoms with Crippen LogP contribution in [0.2, 0.25) is 0 Å². The monoisotopic (exact) mass is 368 g/mol. The number of thiophene rings is 1. The number of nitrogens with zero attached hydrogens (tertiary/aromatic N) is 1. The van der Waals surface area contributed by atoms with E-state index in [1.54, 1.807) is 42.7 Å². The van der Waals surface area contributed by atoms with Gasteiger partial charge in [0, 0.05) is 23.2 Å². The highest BCUT2D eigenvalue weighted by Gasteiger charge is 2.17. The largest absolute Gasteiger partial charge is 0.278 e. The Bertz CT molecular complexity index is 869. The molecule has 0 amide bonds. The summed E-state index contributed by atoms with van der Waals surface area (Å²) in [6.45, 7) is 0. The molecule has 0 fully saturated rings. The minimum absolute atomic E-state index is 0.274. The Morgan fingerprint density at radius 2 is 2.00 bits per heavy atom. The molecule has 7 heteroatoms. The Morgan fingerprint density at radius 1 is 1.15 bits per heavy atom. The summed E-state index contributed by atoms with van der Waals surface area (Å²) in [6, 6.07) is 10.5. The number of sulfonamides is 1. The molecule has 0 bridgehead atoms. The van der Waals surface area contributed by atoms with E-state index in [2.05, 4.69) is 25.6 Å². The van der Waals surface area contributed by atoms with Crippen LogP contribution in [-0.4, -0.2) is 13.4 Å². The first-order chi connectivity index (χ1) is 9.56. The molecular weight excluding hydrogens is 360 g/mol.